The molecule has 12 heavy (non-hydrogen) atoms. The molecule has 0 aliphatic carbocycles. The van der Waals surface area contributed by atoms with Crippen molar-refractivity contribution in [2.24, 2.45) is 11.3 Å². The predicted molar refractivity (Wildman–Crippen MR) is 53.1 cm³/mol. The van der Waals surface area contributed by atoms with E-state index in [1.165, 1.54) is 0 Å². The number of carbonyl (C=O) groups excluding carboxylic acids is 1. The number of allylic oxidation sites excluding steroid dienone is 2. The van der Waals surface area contributed by atoms with Crippen LogP contribution in [0.25, 0.3) is 0 Å². The van der Waals surface area contributed by atoms with E-state index in [0.717, 1.165) is 6.42 Å². The molecule has 0 radical (unpaired) electrons. The summed E-state index contributed by atoms with van der Waals surface area (Å²) >= 11 is 0. The highest BCUT2D eigenvalue weighted by Crippen LogP contribution is 2.15. The van der Waals surface area contributed by atoms with E-state index in [1.807, 2.05) is 26.8 Å². The predicted octanol–water partition coefficient (Wildman–Crippen LogP) is 3.20. The highest BCUT2D eigenvalue weighted by atomic mass is 16.1. The van der Waals surface area contributed by atoms with Gasteiger partial charge >= 0.3 is 0 Å². The first-order chi connectivity index (χ1) is 5.34. The minimum Gasteiger partial charge on any atom is -0.294 e. The quantitative estimate of drug-likeness (QED) is 0.591. The minimum atomic E-state index is -0.229. The first kappa shape index (κ1) is 11.4. The Morgan fingerprint density at radius 2 is 1.83 bits per heavy atom. The number of hydrogen-bond acceptors (Lipinski definition) is 1. The molecule has 0 amide bonds. The van der Waals surface area contributed by atoms with Crippen LogP contribution < -0.4 is 0 Å². The second-order valence-electron chi connectivity index (χ2n) is 4.65. The molecular weight excluding hydrogens is 148 g/mol. The topological polar surface area (TPSA) is 17.1 Å². The Bertz CT molecular complexity index is 170. The molecule has 0 fully saturated rings. The van der Waals surface area contributed by atoms with Gasteiger partial charge in [-0.05, 0) is 18.4 Å². The summed E-state index contributed by atoms with van der Waals surface area (Å²) in [5.74, 6) is 0.845. The van der Waals surface area contributed by atoms with Crippen LogP contribution in [0.2, 0.25) is 0 Å². The SMILES string of the molecule is CC(C)CC=CC(=O)C(C)(C)C. The molecule has 1 heteroatoms. The van der Waals surface area contributed by atoms with E-state index < -0.39 is 0 Å². The van der Waals surface area contributed by atoms with Gasteiger partial charge in [0.05, 0.1) is 0 Å². The van der Waals surface area contributed by atoms with Crippen LogP contribution in [0.4, 0.5) is 0 Å². The Balaban J connectivity index is 3.93. The summed E-state index contributed by atoms with van der Waals surface area (Å²) in [6.45, 7) is 10.1. The molecule has 0 bridgehead atoms. The molecular formula is C11H20O. The summed E-state index contributed by atoms with van der Waals surface area (Å²) in [4.78, 5) is 11.4. The van der Waals surface area contributed by atoms with Crippen LogP contribution in [0.5, 0.6) is 0 Å². The van der Waals surface area contributed by atoms with Gasteiger partial charge in [-0.3, -0.25) is 4.79 Å². The van der Waals surface area contributed by atoms with Gasteiger partial charge in [-0.15, -0.1) is 0 Å². The number of ketones is 1. The molecule has 0 aromatic carbocycles. The first-order valence-corrected chi connectivity index (χ1v) is 4.55. The summed E-state index contributed by atoms with van der Waals surface area (Å²) in [5, 5.41) is 0. The third-order valence-corrected chi connectivity index (χ3v) is 1.62. The van der Waals surface area contributed by atoms with Crippen molar-refractivity contribution in [2.45, 2.75) is 41.0 Å². The highest BCUT2D eigenvalue weighted by Gasteiger charge is 2.17. The first-order valence-electron chi connectivity index (χ1n) is 4.55. The maximum absolute atomic E-state index is 11.4. The molecule has 0 unspecified atom stereocenters. The molecule has 0 N–H and O–H groups in total. The van der Waals surface area contributed by atoms with Gasteiger partial charge in [-0.1, -0.05) is 40.7 Å². The lowest BCUT2D eigenvalue weighted by Crippen LogP contribution is -2.17. The fourth-order valence-electron chi connectivity index (χ4n) is 0.697. The number of hydrogen-bond donors (Lipinski definition) is 0. The van der Waals surface area contributed by atoms with E-state index in [9.17, 15) is 4.79 Å². The van der Waals surface area contributed by atoms with Gasteiger partial charge in [0.2, 0.25) is 0 Å². The van der Waals surface area contributed by atoms with Crippen molar-refractivity contribution in [2.75, 3.05) is 0 Å². The summed E-state index contributed by atoms with van der Waals surface area (Å²) in [6.07, 6.45) is 4.67. The van der Waals surface area contributed by atoms with Crippen LogP contribution in [0.15, 0.2) is 12.2 Å². The lowest BCUT2D eigenvalue weighted by atomic mass is 9.90. The van der Waals surface area contributed by atoms with Gasteiger partial charge in [0.15, 0.2) is 5.78 Å². The summed E-state index contributed by atoms with van der Waals surface area (Å²) < 4.78 is 0. The van der Waals surface area contributed by atoms with Crippen molar-refractivity contribution in [1.82, 2.24) is 0 Å². The van der Waals surface area contributed by atoms with Crippen molar-refractivity contribution in [1.29, 1.82) is 0 Å². The van der Waals surface area contributed by atoms with Crippen LogP contribution in [-0.4, -0.2) is 5.78 Å². The van der Waals surface area contributed by atoms with Crippen LogP contribution in [-0.2, 0) is 4.79 Å². The monoisotopic (exact) mass is 168 g/mol. The zero-order chi connectivity index (χ0) is 9.78. The molecule has 0 saturated heterocycles. The molecule has 0 spiro atoms. The minimum absolute atomic E-state index is 0.211. The lowest BCUT2D eigenvalue weighted by Gasteiger charge is -2.12. The van der Waals surface area contributed by atoms with Crippen molar-refractivity contribution in [3.63, 3.8) is 0 Å². The Morgan fingerprint density at radius 1 is 1.33 bits per heavy atom. The molecule has 0 aromatic rings. The lowest BCUT2D eigenvalue weighted by molar-refractivity contribution is -0.121. The zero-order valence-electron chi connectivity index (χ0n) is 8.85. The second-order valence-corrected chi connectivity index (χ2v) is 4.65. The van der Waals surface area contributed by atoms with E-state index >= 15 is 0 Å². The van der Waals surface area contributed by atoms with Crippen LogP contribution in [0, 0.1) is 11.3 Å². The average molecular weight is 168 g/mol. The standard InChI is InChI=1S/C11H20O/c1-9(2)7-6-8-10(12)11(3,4)5/h6,8-9H,7H2,1-5H3. The van der Waals surface area contributed by atoms with Gasteiger partial charge < -0.3 is 0 Å². The highest BCUT2D eigenvalue weighted by molar-refractivity contribution is 5.93. The van der Waals surface area contributed by atoms with Gasteiger partial charge in [-0.2, -0.15) is 0 Å². The summed E-state index contributed by atoms with van der Waals surface area (Å²) in [5.41, 5.74) is -0.229. The molecule has 70 valence electrons. The molecule has 0 aromatic heterocycles. The van der Waals surface area contributed by atoms with Crippen molar-refractivity contribution < 1.29 is 4.79 Å². The van der Waals surface area contributed by atoms with E-state index in [4.69, 9.17) is 0 Å². The van der Waals surface area contributed by atoms with E-state index in [1.54, 1.807) is 6.08 Å². The fraction of sp³-hybridized carbons (Fsp3) is 0.727. The second kappa shape index (κ2) is 4.44. The van der Waals surface area contributed by atoms with Crippen LogP contribution >= 0.6 is 0 Å². The Kier molecular flexibility index (Phi) is 4.22. The van der Waals surface area contributed by atoms with Crippen molar-refractivity contribution in [3.05, 3.63) is 12.2 Å². The third-order valence-electron chi connectivity index (χ3n) is 1.62. The van der Waals surface area contributed by atoms with Gasteiger partial charge in [0.25, 0.3) is 0 Å². The number of carbonyl (C=O) groups is 1. The molecule has 0 atom stereocenters. The number of rotatable bonds is 3. The normalized spacial score (nSPS) is 12.8. The Labute approximate surface area is 75.9 Å². The molecule has 1 nitrogen and oxygen atoms in total. The van der Waals surface area contributed by atoms with Crippen LogP contribution in [0.3, 0.4) is 0 Å². The third kappa shape index (κ3) is 5.11. The van der Waals surface area contributed by atoms with Crippen molar-refractivity contribution in [3.8, 4) is 0 Å². The molecule has 0 saturated carbocycles. The maximum Gasteiger partial charge on any atom is 0.160 e. The smallest absolute Gasteiger partial charge is 0.160 e. The van der Waals surface area contributed by atoms with E-state index in [-0.39, 0.29) is 11.2 Å². The molecule has 0 heterocycles. The van der Waals surface area contributed by atoms with Crippen LogP contribution in [0.1, 0.15) is 41.0 Å². The van der Waals surface area contributed by atoms with Gasteiger partial charge in [-0.25, -0.2) is 0 Å². The van der Waals surface area contributed by atoms with E-state index in [2.05, 4.69) is 13.8 Å². The Hall–Kier alpha value is -0.590. The molecule has 0 aliphatic rings. The maximum atomic E-state index is 11.4. The molecule has 0 rings (SSSR count). The largest absolute Gasteiger partial charge is 0.294 e. The van der Waals surface area contributed by atoms with Gasteiger partial charge in [0, 0.05) is 5.41 Å². The zero-order valence-corrected chi connectivity index (χ0v) is 8.85. The summed E-state index contributed by atoms with van der Waals surface area (Å²) in [7, 11) is 0. The van der Waals surface area contributed by atoms with Gasteiger partial charge in [0.1, 0.15) is 0 Å². The van der Waals surface area contributed by atoms with Crippen molar-refractivity contribution >= 4 is 5.78 Å². The fourth-order valence-corrected chi connectivity index (χ4v) is 0.697. The van der Waals surface area contributed by atoms with E-state index in [0.29, 0.717) is 5.92 Å². The molecule has 0 aliphatic heterocycles. The summed E-state index contributed by atoms with van der Waals surface area (Å²) in [6, 6.07) is 0. The average Bonchev–Trinajstić information content (AvgIpc) is 1.84. The Morgan fingerprint density at radius 3 is 2.17 bits per heavy atom.